The Morgan fingerprint density at radius 2 is 2.33 bits per heavy atom. The van der Waals surface area contributed by atoms with Crippen molar-refractivity contribution in [2.45, 2.75) is 30.7 Å². The van der Waals surface area contributed by atoms with Crippen LogP contribution in [0, 0.1) is 5.92 Å². The average molecular weight is 143 g/mol. The van der Waals surface area contributed by atoms with Gasteiger partial charge in [0.1, 0.15) is 0 Å². The molecule has 1 saturated heterocycles. The summed E-state index contributed by atoms with van der Waals surface area (Å²) >= 11 is 1.98. The molecule has 0 aromatic heterocycles. The first-order valence-electron chi connectivity index (χ1n) is 3.69. The molecule has 0 aromatic carbocycles. The topological polar surface area (TPSA) is 12.0 Å². The Morgan fingerprint density at radius 1 is 1.44 bits per heavy atom. The maximum Gasteiger partial charge on any atom is 0.0560 e. The van der Waals surface area contributed by atoms with Gasteiger partial charge >= 0.3 is 0 Å². The average Bonchev–Trinajstić information content (AvgIpc) is 2.45. The Hall–Kier alpha value is 0.310. The van der Waals surface area contributed by atoms with E-state index in [-0.39, 0.29) is 0 Å². The molecule has 1 aliphatic carbocycles. The first-order valence-corrected chi connectivity index (χ1v) is 4.98. The molecular formula is C7H13NS. The van der Waals surface area contributed by atoms with Gasteiger partial charge in [0.15, 0.2) is 0 Å². The summed E-state index contributed by atoms with van der Waals surface area (Å²) in [4.78, 5) is 0. The smallest absolute Gasteiger partial charge is 0.0560 e. The van der Waals surface area contributed by atoms with Crippen LogP contribution >= 0.6 is 11.8 Å². The third-order valence-corrected chi connectivity index (χ3v) is 3.58. The first-order chi connectivity index (χ1) is 4.40. The molecule has 1 saturated carbocycles. The standard InChI is InChI=1S/C7H13NS/c1-9-7-5-2-3-6(4-5)8-7/h5-8H,2-4H2,1H3. The van der Waals surface area contributed by atoms with Gasteiger partial charge in [0, 0.05) is 6.04 Å². The summed E-state index contributed by atoms with van der Waals surface area (Å²) in [7, 11) is 0. The zero-order valence-corrected chi connectivity index (χ0v) is 6.58. The quantitative estimate of drug-likeness (QED) is 0.596. The Kier molecular flexibility index (Phi) is 1.46. The van der Waals surface area contributed by atoms with Crippen molar-refractivity contribution in [1.82, 2.24) is 5.32 Å². The maximum absolute atomic E-state index is 3.60. The minimum atomic E-state index is 0.795. The van der Waals surface area contributed by atoms with E-state index in [1.165, 1.54) is 19.3 Å². The fraction of sp³-hybridized carbons (Fsp3) is 1.00. The molecule has 0 amide bonds. The molecular weight excluding hydrogens is 130 g/mol. The van der Waals surface area contributed by atoms with Crippen LogP contribution in [0.25, 0.3) is 0 Å². The molecule has 0 spiro atoms. The predicted molar refractivity (Wildman–Crippen MR) is 41.6 cm³/mol. The fourth-order valence-corrected chi connectivity index (χ4v) is 3.03. The van der Waals surface area contributed by atoms with E-state index >= 15 is 0 Å². The third-order valence-electron chi connectivity index (χ3n) is 2.56. The minimum absolute atomic E-state index is 0.795. The van der Waals surface area contributed by atoms with E-state index in [0.29, 0.717) is 0 Å². The molecule has 0 radical (unpaired) electrons. The van der Waals surface area contributed by atoms with Gasteiger partial charge in [-0.25, -0.2) is 0 Å². The van der Waals surface area contributed by atoms with Crippen molar-refractivity contribution in [3.63, 3.8) is 0 Å². The van der Waals surface area contributed by atoms with Crippen LogP contribution in [0.2, 0.25) is 0 Å². The van der Waals surface area contributed by atoms with E-state index in [1.54, 1.807) is 0 Å². The van der Waals surface area contributed by atoms with Crippen LogP contribution < -0.4 is 5.32 Å². The summed E-state index contributed by atoms with van der Waals surface area (Å²) < 4.78 is 0. The number of fused-ring (bicyclic) bond motifs is 2. The van der Waals surface area contributed by atoms with E-state index < -0.39 is 0 Å². The lowest BCUT2D eigenvalue weighted by molar-refractivity contribution is 0.475. The summed E-state index contributed by atoms with van der Waals surface area (Å²) in [6, 6.07) is 0.882. The molecule has 2 bridgehead atoms. The summed E-state index contributed by atoms with van der Waals surface area (Å²) in [6.07, 6.45) is 6.56. The van der Waals surface area contributed by atoms with Crippen molar-refractivity contribution in [2.24, 2.45) is 5.92 Å². The molecule has 2 heteroatoms. The fourth-order valence-electron chi connectivity index (χ4n) is 2.07. The Morgan fingerprint density at radius 3 is 2.67 bits per heavy atom. The van der Waals surface area contributed by atoms with Crippen LogP contribution in [0.5, 0.6) is 0 Å². The molecule has 9 heavy (non-hydrogen) atoms. The van der Waals surface area contributed by atoms with E-state index in [2.05, 4.69) is 11.6 Å². The van der Waals surface area contributed by atoms with Crippen molar-refractivity contribution in [3.8, 4) is 0 Å². The van der Waals surface area contributed by atoms with Gasteiger partial charge in [0.25, 0.3) is 0 Å². The van der Waals surface area contributed by atoms with E-state index in [0.717, 1.165) is 17.3 Å². The second-order valence-corrected chi connectivity index (χ2v) is 4.07. The Labute approximate surface area is 60.6 Å². The zero-order valence-electron chi connectivity index (χ0n) is 5.76. The highest BCUT2D eigenvalue weighted by Crippen LogP contribution is 2.38. The van der Waals surface area contributed by atoms with Gasteiger partial charge in [0.2, 0.25) is 0 Å². The van der Waals surface area contributed by atoms with Crippen molar-refractivity contribution in [3.05, 3.63) is 0 Å². The molecule has 2 rings (SSSR count). The number of nitrogens with one attached hydrogen (secondary N) is 1. The normalized spacial score (nSPS) is 48.3. The van der Waals surface area contributed by atoms with Gasteiger partial charge in [0.05, 0.1) is 5.37 Å². The summed E-state index contributed by atoms with van der Waals surface area (Å²) in [6.45, 7) is 0. The second-order valence-electron chi connectivity index (χ2n) is 3.09. The minimum Gasteiger partial charge on any atom is -0.302 e. The van der Waals surface area contributed by atoms with Crippen LogP contribution in [-0.2, 0) is 0 Å². The van der Waals surface area contributed by atoms with Crippen molar-refractivity contribution < 1.29 is 0 Å². The Bertz CT molecular complexity index is 115. The van der Waals surface area contributed by atoms with Crippen molar-refractivity contribution >= 4 is 11.8 Å². The van der Waals surface area contributed by atoms with E-state index in [9.17, 15) is 0 Å². The van der Waals surface area contributed by atoms with Gasteiger partial charge in [-0.05, 0) is 31.4 Å². The number of thioether (sulfide) groups is 1. The second kappa shape index (κ2) is 2.17. The number of hydrogen-bond acceptors (Lipinski definition) is 2. The van der Waals surface area contributed by atoms with Crippen LogP contribution in [0.3, 0.4) is 0 Å². The highest BCUT2D eigenvalue weighted by Gasteiger charge is 2.38. The highest BCUT2D eigenvalue weighted by atomic mass is 32.2. The summed E-state index contributed by atoms with van der Waals surface area (Å²) in [5, 5.41) is 4.40. The van der Waals surface area contributed by atoms with Crippen molar-refractivity contribution in [1.29, 1.82) is 0 Å². The molecule has 1 aliphatic heterocycles. The van der Waals surface area contributed by atoms with E-state index in [4.69, 9.17) is 0 Å². The van der Waals surface area contributed by atoms with Crippen LogP contribution in [0.4, 0.5) is 0 Å². The zero-order chi connectivity index (χ0) is 6.27. The SMILES string of the molecule is CSC1NC2CCC1C2. The number of piperidine rings is 1. The van der Waals surface area contributed by atoms with Gasteiger partial charge in [-0.2, -0.15) is 0 Å². The van der Waals surface area contributed by atoms with E-state index in [1.807, 2.05) is 11.8 Å². The highest BCUT2D eigenvalue weighted by molar-refractivity contribution is 7.99. The predicted octanol–water partition coefficient (Wildman–Crippen LogP) is 1.45. The molecule has 1 N–H and O–H groups in total. The monoisotopic (exact) mass is 143 g/mol. The largest absolute Gasteiger partial charge is 0.302 e. The van der Waals surface area contributed by atoms with Gasteiger partial charge in [-0.1, -0.05) is 0 Å². The molecule has 0 aromatic rings. The first kappa shape index (κ1) is 6.05. The van der Waals surface area contributed by atoms with Crippen LogP contribution in [0.15, 0.2) is 0 Å². The van der Waals surface area contributed by atoms with Crippen molar-refractivity contribution in [2.75, 3.05) is 6.26 Å². The summed E-state index contributed by atoms with van der Waals surface area (Å²) in [5.41, 5.74) is 0. The molecule has 3 atom stereocenters. The Balaban J connectivity index is 2.01. The molecule has 2 fully saturated rings. The van der Waals surface area contributed by atoms with Gasteiger partial charge in [-0.3, -0.25) is 0 Å². The number of rotatable bonds is 1. The molecule has 1 nitrogen and oxygen atoms in total. The van der Waals surface area contributed by atoms with Gasteiger partial charge in [-0.15, -0.1) is 11.8 Å². The summed E-state index contributed by atoms with van der Waals surface area (Å²) in [5.74, 6) is 1.00. The maximum atomic E-state index is 3.60. The molecule has 1 heterocycles. The molecule has 3 unspecified atom stereocenters. The van der Waals surface area contributed by atoms with Crippen LogP contribution in [0.1, 0.15) is 19.3 Å². The molecule has 2 aliphatic rings. The molecule has 52 valence electrons. The van der Waals surface area contributed by atoms with Gasteiger partial charge < -0.3 is 5.32 Å². The third kappa shape index (κ3) is 0.887. The lowest BCUT2D eigenvalue weighted by atomic mass is 10.1. The van der Waals surface area contributed by atoms with Crippen LogP contribution in [-0.4, -0.2) is 17.7 Å². The lowest BCUT2D eigenvalue weighted by Crippen LogP contribution is -2.32. The lowest BCUT2D eigenvalue weighted by Gasteiger charge is -2.20. The number of hydrogen-bond donors (Lipinski definition) is 1.